The van der Waals surface area contributed by atoms with Crippen molar-refractivity contribution in [2.45, 2.75) is 19.5 Å². The predicted molar refractivity (Wildman–Crippen MR) is 97.4 cm³/mol. The van der Waals surface area contributed by atoms with E-state index in [1.807, 2.05) is 11.7 Å². The van der Waals surface area contributed by atoms with E-state index in [0.717, 1.165) is 38.6 Å². The maximum absolute atomic E-state index is 4.39. The third kappa shape index (κ3) is 3.96. The summed E-state index contributed by atoms with van der Waals surface area (Å²) in [5.74, 6) is 0.949. The van der Waals surface area contributed by atoms with E-state index < -0.39 is 0 Å². The summed E-state index contributed by atoms with van der Waals surface area (Å²) < 4.78 is 1.81. The molecule has 1 aromatic carbocycles. The summed E-state index contributed by atoms with van der Waals surface area (Å²) in [7, 11) is 1.83. The van der Waals surface area contributed by atoms with Gasteiger partial charge in [0, 0.05) is 26.7 Å². The smallest absolute Gasteiger partial charge is 0.194 e. The molecule has 0 bridgehead atoms. The van der Waals surface area contributed by atoms with Crippen molar-refractivity contribution in [3.63, 3.8) is 0 Å². The molecule has 3 rings (SSSR count). The number of hydrogen-bond acceptors (Lipinski definition) is 3. The van der Waals surface area contributed by atoms with Gasteiger partial charge in [0.1, 0.15) is 12.7 Å². The second-order valence-electron chi connectivity index (χ2n) is 5.07. The fourth-order valence-corrected chi connectivity index (χ4v) is 2.64. The minimum Gasteiger partial charge on any atom is -0.354 e. The Balaban J connectivity index is 0.00000176. The van der Waals surface area contributed by atoms with Crippen molar-refractivity contribution >= 4 is 29.9 Å². The van der Waals surface area contributed by atoms with Gasteiger partial charge in [-0.2, -0.15) is 5.10 Å². The van der Waals surface area contributed by atoms with Crippen LogP contribution in [-0.2, 0) is 19.5 Å². The van der Waals surface area contributed by atoms with Gasteiger partial charge in [-0.15, -0.1) is 24.0 Å². The van der Waals surface area contributed by atoms with Crippen molar-refractivity contribution in [1.82, 2.24) is 25.0 Å². The third-order valence-corrected chi connectivity index (χ3v) is 3.73. The Morgan fingerprint density at radius 3 is 2.86 bits per heavy atom. The summed E-state index contributed by atoms with van der Waals surface area (Å²) in [6.07, 6.45) is 4.35. The molecule has 1 N–H and O–H groups in total. The molecule has 0 fully saturated rings. The van der Waals surface area contributed by atoms with E-state index in [-0.39, 0.29) is 24.0 Å². The maximum atomic E-state index is 4.39. The van der Waals surface area contributed by atoms with Gasteiger partial charge in [-0.1, -0.05) is 24.3 Å². The van der Waals surface area contributed by atoms with Crippen LogP contribution in [0.15, 0.2) is 41.9 Å². The van der Waals surface area contributed by atoms with Crippen molar-refractivity contribution in [3.05, 3.63) is 48.0 Å². The summed E-state index contributed by atoms with van der Waals surface area (Å²) in [4.78, 5) is 10.6. The first-order valence-corrected chi connectivity index (χ1v) is 7.21. The second kappa shape index (κ2) is 8.11. The zero-order valence-corrected chi connectivity index (χ0v) is 15.0. The lowest BCUT2D eigenvalue weighted by molar-refractivity contribution is 0.377. The number of hydrogen-bond donors (Lipinski definition) is 1. The number of fused-ring (bicyclic) bond motifs is 1. The molecular weight excluding hydrogens is 391 g/mol. The average molecular weight is 412 g/mol. The van der Waals surface area contributed by atoms with Crippen LogP contribution in [0.25, 0.3) is 0 Å². The first-order chi connectivity index (χ1) is 10.4. The summed E-state index contributed by atoms with van der Waals surface area (Å²) in [5.41, 5.74) is 2.84. The molecule has 118 valence electrons. The van der Waals surface area contributed by atoms with Crippen molar-refractivity contribution < 1.29 is 0 Å². The molecule has 1 aliphatic heterocycles. The Morgan fingerprint density at radius 2 is 2.14 bits per heavy atom. The van der Waals surface area contributed by atoms with Crippen LogP contribution in [0.4, 0.5) is 0 Å². The van der Waals surface area contributed by atoms with Crippen LogP contribution in [0.3, 0.4) is 0 Å². The number of benzene rings is 1. The van der Waals surface area contributed by atoms with Crippen LogP contribution in [-0.4, -0.2) is 45.8 Å². The lowest BCUT2D eigenvalue weighted by Gasteiger charge is -2.31. The lowest BCUT2D eigenvalue weighted by atomic mass is 10.0. The quantitative estimate of drug-likeness (QED) is 0.472. The minimum atomic E-state index is 0. The first-order valence-electron chi connectivity index (χ1n) is 7.21. The molecule has 1 aromatic heterocycles. The number of nitrogens with one attached hydrogen (secondary N) is 1. The van der Waals surface area contributed by atoms with Gasteiger partial charge in [0.2, 0.25) is 0 Å². The molecule has 0 saturated heterocycles. The van der Waals surface area contributed by atoms with Gasteiger partial charge in [-0.3, -0.25) is 9.67 Å². The molecule has 7 heteroatoms. The predicted octanol–water partition coefficient (Wildman–Crippen LogP) is 1.53. The molecule has 0 saturated carbocycles. The molecule has 1 aliphatic rings. The van der Waals surface area contributed by atoms with Crippen molar-refractivity contribution in [2.75, 3.05) is 20.1 Å². The summed E-state index contributed by atoms with van der Waals surface area (Å²) in [5, 5.41) is 7.49. The Kier molecular flexibility index (Phi) is 6.17. The molecule has 2 aromatic rings. The molecule has 0 atom stereocenters. The number of rotatable bonds is 3. The van der Waals surface area contributed by atoms with Crippen LogP contribution in [0, 0.1) is 0 Å². The van der Waals surface area contributed by atoms with E-state index >= 15 is 0 Å². The van der Waals surface area contributed by atoms with Crippen LogP contribution in [0.1, 0.15) is 11.1 Å². The Labute approximate surface area is 147 Å². The molecule has 0 spiro atoms. The normalized spacial score (nSPS) is 14.2. The second-order valence-corrected chi connectivity index (χ2v) is 5.07. The number of guanidine groups is 1. The number of aliphatic imine (C=N–C) groups is 1. The highest BCUT2D eigenvalue weighted by molar-refractivity contribution is 14.0. The van der Waals surface area contributed by atoms with Crippen molar-refractivity contribution in [1.29, 1.82) is 0 Å². The number of nitrogens with zero attached hydrogens (tertiary/aromatic N) is 5. The van der Waals surface area contributed by atoms with Gasteiger partial charge in [0.25, 0.3) is 0 Å². The largest absolute Gasteiger partial charge is 0.354 e. The molecule has 0 radical (unpaired) electrons. The van der Waals surface area contributed by atoms with E-state index in [0.29, 0.717) is 0 Å². The van der Waals surface area contributed by atoms with E-state index in [4.69, 9.17) is 0 Å². The number of halogens is 1. The molecule has 2 heterocycles. The van der Waals surface area contributed by atoms with Gasteiger partial charge in [-0.25, -0.2) is 4.98 Å². The van der Waals surface area contributed by atoms with Gasteiger partial charge < -0.3 is 10.2 Å². The standard InChI is InChI=1S/C15H20N6.HI/c1-16-15(18-7-9-21-12-17-11-19-21)20-8-6-13-4-2-3-5-14(13)10-20;/h2-5,11-12H,6-10H2,1H3,(H,16,18);1H. The van der Waals surface area contributed by atoms with Crippen LogP contribution in [0.5, 0.6) is 0 Å². The summed E-state index contributed by atoms with van der Waals surface area (Å²) in [6.45, 7) is 3.48. The zero-order chi connectivity index (χ0) is 14.5. The molecule has 0 aliphatic carbocycles. The molecule has 22 heavy (non-hydrogen) atoms. The molecular formula is C15H21IN6. The Hall–Kier alpha value is -1.64. The number of aromatic nitrogens is 3. The SMILES string of the molecule is CN=C(NCCn1cncn1)N1CCc2ccccc2C1.I. The highest BCUT2D eigenvalue weighted by Gasteiger charge is 2.18. The highest BCUT2D eigenvalue weighted by atomic mass is 127. The van der Waals surface area contributed by atoms with Crippen LogP contribution in [0.2, 0.25) is 0 Å². The lowest BCUT2D eigenvalue weighted by Crippen LogP contribution is -2.44. The summed E-state index contributed by atoms with van der Waals surface area (Å²) >= 11 is 0. The maximum Gasteiger partial charge on any atom is 0.194 e. The molecule has 6 nitrogen and oxygen atoms in total. The molecule has 0 unspecified atom stereocenters. The highest BCUT2D eigenvalue weighted by Crippen LogP contribution is 2.18. The van der Waals surface area contributed by atoms with Gasteiger partial charge >= 0.3 is 0 Å². The van der Waals surface area contributed by atoms with Gasteiger partial charge in [0.05, 0.1) is 6.54 Å². The Bertz CT molecular complexity index is 610. The minimum absolute atomic E-state index is 0. The monoisotopic (exact) mass is 412 g/mol. The molecule has 0 amide bonds. The third-order valence-electron chi connectivity index (χ3n) is 3.73. The van der Waals surface area contributed by atoms with Gasteiger partial charge in [0.15, 0.2) is 5.96 Å². The van der Waals surface area contributed by atoms with E-state index in [1.54, 1.807) is 12.7 Å². The van der Waals surface area contributed by atoms with E-state index in [9.17, 15) is 0 Å². The summed E-state index contributed by atoms with van der Waals surface area (Å²) in [6, 6.07) is 8.63. The van der Waals surface area contributed by atoms with Crippen LogP contribution < -0.4 is 5.32 Å². The topological polar surface area (TPSA) is 58.3 Å². The fourth-order valence-electron chi connectivity index (χ4n) is 2.64. The zero-order valence-electron chi connectivity index (χ0n) is 12.6. The van der Waals surface area contributed by atoms with Crippen molar-refractivity contribution in [3.8, 4) is 0 Å². The Morgan fingerprint density at radius 1 is 1.32 bits per heavy atom. The van der Waals surface area contributed by atoms with Gasteiger partial charge in [-0.05, 0) is 17.5 Å². The van der Waals surface area contributed by atoms with E-state index in [1.165, 1.54) is 11.1 Å². The fraction of sp³-hybridized carbons (Fsp3) is 0.400. The average Bonchev–Trinajstić information content (AvgIpc) is 3.04. The first kappa shape index (κ1) is 16.7. The van der Waals surface area contributed by atoms with E-state index in [2.05, 4.69) is 49.6 Å². The van der Waals surface area contributed by atoms with Crippen molar-refractivity contribution in [2.24, 2.45) is 4.99 Å². The van der Waals surface area contributed by atoms with Crippen LogP contribution >= 0.6 is 24.0 Å².